The van der Waals surface area contributed by atoms with E-state index in [4.69, 9.17) is 4.42 Å². The minimum Gasteiger partial charge on any atom is -0.462 e. The molecule has 7 heteroatoms. The Hall–Kier alpha value is -2.51. The number of hydrogen-bond acceptors (Lipinski definition) is 7. The normalized spacial score (nSPS) is 10.8. The van der Waals surface area contributed by atoms with Gasteiger partial charge in [-0.05, 0) is 12.1 Å². The highest BCUT2D eigenvalue weighted by Crippen LogP contribution is 2.25. The second-order valence-electron chi connectivity index (χ2n) is 4.76. The van der Waals surface area contributed by atoms with E-state index in [0.29, 0.717) is 6.54 Å². The van der Waals surface area contributed by atoms with Crippen LogP contribution in [-0.2, 0) is 6.54 Å². The average molecular weight is 340 g/mol. The SMILES string of the molecule is c1ccc(-c2nsc(NCc3csc(-c4ccco4)n3)n2)cc1. The number of rotatable bonds is 5. The third-order valence-electron chi connectivity index (χ3n) is 3.16. The number of furan rings is 1. The molecule has 0 saturated carbocycles. The largest absolute Gasteiger partial charge is 0.462 e. The van der Waals surface area contributed by atoms with Crippen molar-refractivity contribution in [3.05, 3.63) is 59.8 Å². The molecule has 23 heavy (non-hydrogen) atoms. The molecule has 0 fully saturated rings. The zero-order valence-electron chi connectivity index (χ0n) is 12.0. The fraction of sp³-hybridized carbons (Fsp3) is 0.0625. The first-order valence-corrected chi connectivity index (χ1v) is 8.65. The predicted octanol–water partition coefficient (Wildman–Crippen LogP) is 4.53. The molecule has 3 heterocycles. The van der Waals surface area contributed by atoms with E-state index in [1.165, 1.54) is 11.5 Å². The van der Waals surface area contributed by atoms with Gasteiger partial charge in [0, 0.05) is 22.5 Å². The summed E-state index contributed by atoms with van der Waals surface area (Å²) in [5, 5.41) is 6.96. The van der Waals surface area contributed by atoms with Crippen molar-refractivity contribution in [2.75, 3.05) is 5.32 Å². The minimum absolute atomic E-state index is 0.612. The highest BCUT2D eigenvalue weighted by atomic mass is 32.1. The zero-order valence-corrected chi connectivity index (χ0v) is 13.6. The summed E-state index contributed by atoms with van der Waals surface area (Å²) in [7, 11) is 0. The third-order valence-corrected chi connectivity index (χ3v) is 4.74. The topological polar surface area (TPSA) is 63.8 Å². The molecule has 4 aromatic rings. The molecule has 0 aliphatic rings. The molecule has 5 nitrogen and oxygen atoms in total. The summed E-state index contributed by atoms with van der Waals surface area (Å²) in [5.74, 6) is 1.54. The Morgan fingerprint density at radius 1 is 1.04 bits per heavy atom. The summed E-state index contributed by atoms with van der Waals surface area (Å²) in [5.41, 5.74) is 1.98. The van der Waals surface area contributed by atoms with Crippen LogP contribution in [0.15, 0.2) is 58.5 Å². The van der Waals surface area contributed by atoms with Gasteiger partial charge in [-0.25, -0.2) is 4.98 Å². The van der Waals surface area contributed by atoms with E-state index in [0.717, 1.165) is 33.0 Å². The number of thiazole rings is 1. The van der Waals surface area contributed by atoms with Crippen LogP contribution in [0.1, 0.15) is 5.69 Å². The molecule has 0 amide bonds. The van der Waals surface area contributed by atoms with Gasteiger partial charge in [-0.15, -0.1) is 11.3 Å². The van der Waals surface area contributed by atoms with Crippen molar-refractivity contribution in [2.45, 2.75) is 6.54 Å². The third kappa shape index (κ3) is 3.15. The molecule has 0 unspecified atom stereocenters. The van der Waals surface area contributed by atoms with Crippen LogP contribution in [0, 0.1) is 0 Å². The Morgan fingerprint density at radius 2 is 1.96 bits per heavy atom. The van der Waals surface area contributed by atoms with Gasteiger partial charge < -0.3 is 9.73 Å². The van der Waals surface area contributed by atoms with Gasteiger partial charge in [0.1, 0.15) is 0 Å². The van der Waals surface area contributed by atoms with Crippen LogP contribution in [0.3, 0.4) is 0 Å². The van der Waals surface area contributed by atoms with Gasteiger partial charge in [0.15, 0.2) is 16.6 Å². The Balaban J connectivity index is 1.43. The van der Waals surface area contributed by atoms with E-state index in [2.05, 4.69) is 19.7 Å². The van der Waals surface area contributed by atoms with Gasteiger partial charge in [0.05, 0.1) is 18.5 Å². The molecule has 0 spiro atoms. The molecular weight excluding hydrogens is 328 g/mol. The van der Waals surface area contributed by atoms with Crippen LogP contribution in [0.2, 0.25) is 0 Å². The molecule has 0 saturated heterocycles. The smallest absolute Gasteiger partial charge is 0.203 e. The summed E-state index contributed by atoms with van der Waals surface area (Å²) in [6.45, 7) is 0.612. The van der Waals surface area contributed by atoms with Crippen LogP contribution < -0.4 is 5.32 Å². The molecule has 4 rings (SSSR count). The molecule has 0 atom stereocenters. The number of nitrogens with zero attached hydrogens (tertiary/aromatic N) is 3. The first kappa shape index (κ1) is 14.1. The van der Waals surface area contributed by atoms with Gasteiger partial charge in [0.25, 0.3) is 0 Å². The molecule has 0 bridgehead atoms. The molecule has 1 aromatic carbocycles. The van der Waals surface area contributed by atoms with E-state index in [9.17, 15) is 0 Å². The number of aromatic nitrogens is 3. The monoisotopic (exact) mass is 340 g/mol. The lowest BCUT2D eigenvalue weighted by atomic mass is 10.2. The lowest BCUT2D eigenvalue weighted by Crippen LogP contribution is -1.99. The van der Waals surface area contributed by atoms with Crippen molar-refractivity contribution < 1.29 is 4.42 Å². The predicted molar refractivity (Wildman–Crippen MR) is 92.5 cm³/mol. The van der Waals surface area contributed by atoms with Crippen LogP contribution in [0.4, 0.5) is 5.13 Å². The van der Waals surface area contributed by atoms with Crippen LogP contribution in [0.5, 0.6) is 0 Å². The quantitative estimate of drug-likeness (QED) is 0.578. The molecule has 0 aliphatic heterocycles. The number of benzene rings is 1. The Labute approximate surface area is 140 Å². The molecule has 114 valence electrons. The second kappa shape index (κ2) is 6.31. The van der Waals surface area contributed by atoms with Crippen molar-refractivity contribution in [1.29, 1.82) is 0 Å². The fourth-order valence-corrected chi connectivity index (χ4v) is 3.44. The Morgan fingerprint density at radius 3 is 2.78 bits per heavy atom. The summed E-state index contributed by atoms with van der Waals surface area (Å²) in [4.78, 5) is 9.06. The molecule has 3 aromatic heterocycles. The number of anilines is 1. The number of hydrogen-bond donors (Lipinski definition) is 1. The van der Waals surface area contributed by atoms with Gasteiger partial charge in [-0.1, -0.05) is 30.3 Å². The van der Waals surface area contributed by atoms with E-state index < -0.39 is 0 Å². The van der Waals surface area contributed by atoms with Crippen molar-refractivity contribution in [3.8, 4) is 22.2 Å². The summed E-state index contributed by atoms with van der Waals surface area (Å²) in [6, 6.07) is 13.7. The van der Waals surface area contributed by atoms with E-state index in [1.54, 1.807) is 17.6 Å². The number of nitrogens with one attached hydrogen (secondary N) is 1. The lowest BCUT2D eigenvalue weighted by molar-refractivity contribution is 0.581. The first-order chi connectivity index (χ1) is 11.4. The highest BCUT2D eigenvalue weighted by Gasteiger charge is 2.09. The van der Waals surface area contributed by atoms with Crippen LogP contribution in [0.25, 0.3) is 22.2 Å². The van der Waals surface area contributed by atoms with E-state index in [-0.39, 0.29) is 0 Å². The maximum absolute atomic E-state index is 5.36. The molecular formula is C16H12N4OS2. The zero-order chi connectivity index (χ0) is 15.5. The van der Waals surface area contributed by atoms with Crippen LogP contribution in [-0.4, -0.2) is 14.3 Å². The van der Waals surface area contributed by atoms with Crippen molar-refractivity contribution in [2.24, 2.45) is 0 Å². The summed E-state index contributed by atoms with van der Waals surface area (Å²) in [6.07, 6.45) is 1.65. The maximum Gasteiger partial charge on any atom is 0.203 e. The molecule has 0 radical (unpaired) electrons. The van der Waals surface area contributed by atoms with Crippen LogP contribution >= 0.6 is 22.9 Å². The standard InChI is InChI=1S/C16H12N4OS2/c1-2-5-11(6-3-1)14-19-16(23-20-14)17-9-12-10-22-15(18-12)13-7-4-8-21-13/h1-8,10H,9H2,(H,17,19,20). The van der Waals surface area contributed by atoms with Crippen molar-refractivity contribution in [1.82, 2.24) is 14.3 Å². The first-order valence-electron chi connectivity index (χ1n) is 7.00. The Bertz CT molecular complexity index is 884. The Kier molecular flexibility index (Phi) is 3.87. The van der Waals surface area contributed by atoms with Gasteiger partial charge in [-0.3, -0.25) is 0 Å². The second-order valence-corrected chi connectivity index (χ2v) is 6.37. The van der Waals surface area contributed by atoms with Gasteiger partial charge in [-0.2, -0.15) is 9.36 Å². The van der Waals surface area contributed by atoms with E-state index >= 15 is 0 Å². The highest BCUT2D eigenvalue weighted by molar-refractivity contribution is 7.13. The van der Waals surface area contributed by atoms with Gasteiger partial charge in [0.2, 0.25) is 5.13 Å². The average Bonchev–Trinajstić information content (AvgIpc) is 3.33. The minimum atomic E-state index is 0.612. The lowest BCUT2D eigenvalue weighted by Gasteiger charge is -1.97. The molecule has 1 N–H and O–H groups in total. The summed E-state index contributed by atoms with van der Waals surface area (Å²) >= 11 is 2.92. The molecule has 0 aliphatic carbocycles. The van der Waals surface area contributed by atoms with Crippen molar-refractivity contribution >= 4 is 28.0 Å². The van der Waals surface area contributed by atoms with E-state index in [1.807, 2.05) is 47.8 Å². The fourth-order valence-electron chi connectivity index (χ4n) is 2.07. The summed E-state index contributed by atoms with van der Waals surface area (Å²) < 4.78 is 9.74. The van der Waals surface area contributed by atoms with Crippen molar-refractivity contribution in [3.63, 3.8) is 0 Å². The van der Waals surface area contributed by atoms with Gasteiger partial charge >= 0.3 is 0 Å². The maximum atomic E-state index is 5.36.